The lowest BCUT2D eigenvalue weighted by molar-refractivity contribution is 0.0515. The van der Waals surface area contributed by atoms with Crippen molar-refractivity contribution in [2.75, 3.05) is 13.7 Å². The van der Waals surface area contributed by atoms with Crippen molar-refractivity contribution >= 4 is 5.97 Å². The second-order valence-electron chi connectivity index (χ2n) is 7.02. The van der Waals surface area contributed by atoms with Crippen molar-refractivity contribution in [3.8, 4) is 16.9 Å². The second kappa shape index (κ2) is 11.5. The number of hydrogen-bond acceptors (Lipinski definition) is 3. The summed E-state index contributed by atoms with van der Waals surface area (Å²) in [7, 11) is 1.58. The Kier molecular flexibility index (Phi) is 9.05. The van der Waals surface area contributed by atoms with Crippen LogP contribution in [-0.2, 0) is 11.2 Å². The average Bonchev–Trinajstić information content (AvgIpc) is 3.08. The minimum absolute atomic E-state index is 0.161. The number of benzene rings is 1. The predicted molar refractivity (Wildman–Crippen MR) is 110 cm³/mol. The van der Waals surface area contributed by atoms with E-state index in [2.05, 4.69) is 11.9 Å². The Morgan fingerprint density at radius 2 is 1.75 bits per heavy atom. The minimum atomic E-state index is -0.694. The molecule has 5 heteroatoms. The van der Waals surface area contributed by atoms with Gasteiger partial charge in [-0.15, -0.1) is 0 Å². The van der Waals surface area contributed by atoms with Crippen molar-refractivity contribution in [3.05, 3.63) is 41.5 Å². The first-order valence-corrected chi connectivity index (χ1v) is 10.3. The maximum absolute atomic E-state index is 14.7. The molecule has 1 N–H and O–H groups in total. The van der Waals surface area contributed by atoms with Gasteiger partial charge in [0.05, 0.1) is 13.7 Å². The highest BCUT2D eigenvalue weighted by Gasteiger charge is 2.21. The summed E-state index contributed by atoms with van der Waals surface area (Å²) in [6.07, 6.45) is 11.3. The van der Waals surface area contributed by atoms with Gasteiger partial charge in [-0.25, -0.2) is 9.18 Å². The summed E-state index contributed by atoms with van der Waals surface area (Å²) in [5, 5.41) is 0. The number of aryl methyl sites for hydroxylation is 1. The molecule has 0 saturated heterocycles. The number of carbonyl (C=O) groups is 1. The summed E-state index contributed by atoms with van der Waals surface area (Å²) < 4.78 is 25.1. The maximum atomic E-state index is 14.7. The van der Waals surface area contributed by atoms with Gasteiger partial charge < -0.3 is 14.5 Å². The smallest absolute Gasteiger partial charge is 0.357 e. The highest BCUT2D eigenvalue weighted by atomic mass is 19.1. The number of nitrogens with one attached hydrogen (secondary N) is 1. The zero-order valence-electron chi connectivity index (χ0n) is 17.3. The Labute approximate surface area is 167 Å². The number of halogens is 1. The summed E-state index contributed by atoms with van der Waals surface area (Å²) in [6.45, 7) is 4.11. The molecule has 0 fully saturated rings. The quantitative estimate of drug-likeness (QED) is 0.342. The van der Waals surface area contributed by atoms with Crippen LogP contribution in [0.2, 0.25) is 0 Å². The van der Waals surface area contributed by atoms with Gasteiger partial charge >= 0.3 is 5.97 Å². The van der Waals surface area contributed by atoms with Crippen LogP contribution in [0.4, 0.5) is 4.39 Å². The highest BCUT2D eigenvalue weighted by Crippen LogP contribution is 2.34. The third-order valence-electron chi connectivity index (χ3n) is 4.92. The molecular weight excluding hydrogens is 357 g/mol. The van der Waals surface area contributed by atoms with Crippen molar-refractivity contribution in [1.82, 2.24) is 4.98 Å². The molecule has 2 aromatic rings. The van der Waals surface area contributed by atoms with Gasteiger partial charge in [0.1, 0.15) is 5.75 Å². The van der Waals surface area contributed by atoms with Crippen LogP contribution in [0.1, 0.15) is 74.8 Å². The van der Waals surface area contributed by atoms with Gasteiger partial charge in [0, 0.05) is 17.3 Å². The number of hydrogen-bond donors (Lipinski definition) is 1. The van der Waals surface area contributed by atoms with E-state index in [-0.39, 0.29) is 12.3 Å². The number of aromatic amines is 1. The molecule has 1 aromatic carbocycles. The number of esters is 1. The predicted octanol–water partition coefficient (Wildman–Crippen LogP) is 6.30. The van der Waals surface area contributed by atoms with Crippen LogP contribution < -0.4 is 4.74 Å². The number of unbranched alkanes of at least 4 members (excludes halogenated alkanes) is 6. The van der Waals surface area contributed by atoms with Crippen molar-refractivity contribution in [2.24, 2.45) is 0 Å². The van der Waals surface area contributed by atoms with E-state index >= 15 is 0 Å². The van der Waals surface area contributed by atoms with Gasteiger partial charge in [0.25, 0.3) is 0 Å². The SMILES string of the molecule is CCCCCCCCCc1ccc(-c2c[nH]c(C(=O)OCC)c2F)c(OC)c1. The molecular formula is C23H32FNO3. The van der Waals surface area contributed by atoms with E-state index in [0.717, 1.165) is 12.8 Å². The van der Waals surface area contributed by atoms with E-state index in [9.17, 15) is 9.18 Å². The topological polar surface area (TPSA) is 51.3 Å². The lowest BCUT2D eigenvalue weighted by Gasteiger charge is -2.10. The number of H-pyrrole nitrogens is 1. The molecule has 0 saturated carbocycles. The molecule has 0 aliphatic heterocycles. The van der Waals surface area contributed by atoms with Crippen LogP contribution in [0.5, 0.6) is 5.75 Å². The van der Waals surface area contributed by atoms with Gasteiger partial charge in [0.2, 0.25) is 0 Å². The molecule has 0 unspecified atom stereocenters. The Balaban J connectivity index is 2.02. The Bertz CT molecular complexity index is 754. The molecule has 0 amide bonds. The molecule has 1 aromatic heterocycles. The third-order valence-corrected chi connectivity index (χ3v) is 4.92. The summed E-state index contributed by atoms with van der Waals surface area (Å²) >= 11 is 0. The monoisotopic (exact) mass is 389 g/mol. The molecule has 2 rings (SSSR count). The van der Waals surface area contributed by atoms with Gasteiger partial charge in [-0.05, 0) is 31.4 Å². The second-order valence-corrected chi connectivity index (χ2v) is 7.02. The fraction of sp³-hybridized carbons (Fsp3) is 0.522. The molecule has 0 aliphatic rings. The van der Waals surface area contributed by atoms with Gasteiger partial charge in [-0.2, -0.15) is 0 Å². The van der Waals surface area contributed by atoms with Crippen molar-refractivity contribution < 1.29 is 18.7 Å². The first-order chi connectivity index (χ1) is 13.6. The molecule has 4 nitrogen and oxygen atoms in total. The van der Waals surface area contributed by atoms with E-state index in [0.29, 0.717) is 16.9 Å². The van der Waals surface area contributed by atoms with Gasteiger partial charge in [-0.3, -0.25) is 0 Å². The molecule has 0 bridgehead atoms. The van der Waals surface area contributed by atoms with Gasteiger partial charge in [0.15, 0.2) is 11.5 Å². The number of ether oxygens (including phenoxy) is 2. The highest BCUT2D eigenvalue weighted by molar-refractivity contribution is 5.90. The van der Waals surface area contributed by atoms with Gasteiger partial charge in [-0.1, -0.05) is 57.6 Å². The summed E-state index contributed by atoms with van der Waals surface area (Å²) in [5.74, 6) is -0.703. The number of aromatic nitrogens is 1. The number of rotatable bonds is 12. The molecule has 0 spiro atoms. The Hall–Kier alpha value is -2.30. The third kappa shape index (κ3) is 5.85. The van der Waals surface area contributed by atoms with Crippen LogP contribution in [0.3, 0.4) is 0 Å². The average molecular weight is 390 g/mol. The minimum Gasteiger partial charge on any atom is -0.496 e. The van der Waals surface area contributed by atoms with Crippen molar-refractivity contribution in [1.29, 1.82) is 0 Å². The maximum Gasteiger partial charge on any atom is 0.357 e. The lowest BCUT2D eigenvalue weighted by atomic mass is 10.0. The Morgan fingerprint density at radius 1 is 1.04 bits per heavy atom. The molecule has 0 atom stereocenters. The summed E-state index contributed by atoms with van der Waals surface area (Å²) in [4.78, 5) is 14.5. The number of methoxy groups -OCH3 is 1. The van der Waals surface area contributed by atoms with E-state index in [1.807, 2.05) is 18.2 Å². The standard InChI is InChI=1S/C23H32FNO3/c1-4-6-7-8-9-10-11-12-17-13-14-18(20(15-17)27-3)19-16-25-22(21(19)24)23(26)28-5-2/h13-16,25H,4-12H2,1-3H3. The Morgan fingerprint density at radius 3 is 2.43 bits per heavy atom. The molecule has 154 valence electrons. The normalized spacial score (nSPS) is 10.9. The molecule has 0 aliphatic carbocycles. The zero-order chi connectivity index (χ0) is 20.4. The molecule has 0 radical (unpaired) electrons. The summed E-state index contributed by atoms with van der Waals surface area (Å²) in [5.41, 5.74) is 1.94. The fourth-order valence-electron chi connectivity index (χ4n) is 3.35. The van der Waals surface area contributed by atoms with E-state index in [1.54, 1.807) is 14.0 Å². The van der Waals surface area contributed by atoms with E-state index in [1.165, 1.54) is 50.3 Å². The fourth-order valence-corrected chi connectivity index (χ4v) is 3.35. The summed E-state index contributed by atoms with van der Waals surface area (Å²) in [6, 6.07) is 5.82. The van der Waals surface area contributed by atoms with E-state index in [4.69, 9.17) is 9.47 Å². The number of carbonyl (C=O) groups excluding carboxylic acids is 1. The van der Waals surface area contributed by atoms with Crippen LogP contribution in [0.15, 0.2) is 24.4 Å². The van der Waals surface area contributed by atoms with Crippen molar-refractivity contribution in [3.63, 3.8) is 0 Å². The van der Waals surface area contributed by atoms with E-state index < -0.39 is 11.8 Å². The zero-order valence-corrected chi connectivity index (χ0v) is 17.3. The molecule has 1 heterocycles. The lowest BCUT2D eigenvalue weighted by Crippen LogP contribution is -2.07. The first-order valence-electron chi connectivity index (χ1n) is 10.3. The van der Waals surface area contributed by atoms with Crippen LogP contribution in [-0.4, -0.2) is 24.7 Å². The van der Waals surface area contributed by atoms with Crippen LogP contribution in [0.25, 0.3) is 11.1 Å². The molecule has 28 heavy (non-hydrogen) atoms. The first kappa shape index (κ1) is 22.0. The van der Waals surface area contributed by atoms with Crippen molar-refractivity contribution in [2.45, 2.75) is 65.2 Å². The van der Waals surface area contributed by atoms with Crippen LogP contribution in [0, 0.1) is 5.82 Å². The van der Waals surface area contributed by atoms with Crippen LogP contribution >= 0.6 is 0 Å². The largest absolute Gasteiger partial charge is 0.496 e.